The maximum atomic E-state index is 12.3. The fraction of sp³-hybridized carbons (Fsp3) is 0.182. The average molecular weight is 377 g/mol. The van der Waals surface area contributed by atoms with E-state index < -0.39 is 10.0 Å². The van der Waals surface area contributed by atoms with Crippen molar-refractivity contribution in [2.24, 2.45) is 5.84 Å². The Morgan fingerprint density at radius 1 is 1.50 bits per heavy atom. The Morgan fingerprint density at radius 2 is 2.25 bits per heavy atom. The molecule has 0 aromatic carbocycles. The number of hydrazine groups is 1. The second-order valence-corrected chi connectivity index (χ2v) is 7.65. The van der Waals surface area contributed by atoms with Crippen molar-refractivity contribution in [1.29, 1.82) is 0 Å². The van der Waals surface area contributed by atoms with Crippen LogP contribution in [0.25, 0.3) is 0 Å². The Balaban J connectivity index is 2.26. The van der Waals surface area contributed by atoms with Gasteiger partial charge in [0.05, 0.1) is 0 Å². The van der Waals surface area contributed by atoms with Crippen LogP contribution in [0.5, 0.6) is 0 Å². The lowest BCUT2D eigenvalue weighted by atomic mass is 10.3. The van der Waals surface area contributed by atoms with Gasteiger partial charge in [-0.1, -0.05) is 0 Å². The van der Waals surface area contributed by atoms with Crippen LogP contribution in [0.3, 0.4) is 0 Å². The van der Waals surface area contributed by atoms with Crippen molar-refractivity contribution in [3.63, 3.8) is 0 Å². The van der Waals surface area contributed by atoms with Crippen LogP contribution in [-0.4, -0.2) is 13.4 Å². The standard InChI is InChI=1S/C11H13BrN4O2S2/c1-7-2-3-19-9(7)6-15-20(17,18)10-4-8(12)5-14-11(10)16-13/h2-5,15H,6,13H2,1H3,(H,14,16). The highest BCUT2D eigenvalue weighted by Gasteiger charge is 2.20. The Hall–Kier alpha value is -1.00. The molecule has 0 atom stereocenters. The first-order valence-electron chi connectivity index (χ1n) is 5.59. The van der Waals surface area contributed by atoms with E-state index in [-0.39, 0.29) is 17.3 Å². The van der Waals surface area contributed by atoms with E-state index in [1.807, 2.05) is 18.4 Å². The molecule has 0 aliphatic carbocycles. The Labute approximate surface area is 129 Å². The third-order valence-electron chi connectivity index (χ3n) is 2.64. The monoisotopic (exact) mass is 376 g/mol. The van der Waals surface area contributed by atoms with Crippen LogP contribution in [-0.2, 0) is 16.6 Å². The number of nitrogens with zero attached hydrogens (tertiary/aromatic N) is 1. The predicted molar refractivity (Wildman–Crippen MR) is 82.8 cm³/mol. The molecule has 2 heterocycles. The van der Waals surface area contributed by atoms with Gasteiger partial charge in [0.25, 0.3) is 0 Å². The van der Waals surface area contributed by atoms with Crippen LogP contribution >= 0.6 is 27.3 Å². The number of nitrogens with one attached hydrogen (secondary N) is 2. The predicted octanol–water partition coefficient (Wildman–Crippen LogP) is 1.98. The zero-order chi connectivity index (χ0) is 14.8. The summed E-state index contributed by atoms with van der Waals surface area (Å²) in [5.41, 5.74) is 3.34. The SMILES string of the molecule is Cc1ccsc1CNS(=O)(=O)c1cc(Br)cnc1NN. The number of halogens is 1. The summed E-state index contributed by atoms with van der Waals surface area (Å²) in [4.78, 5) is 4.90. The van der Waals surface area contributed by atoms with Crippen molar-refractivity contribution in [2.75, 3.05) is 5.43 Å². The third kappa shape index (κ3) is 3.36. The number of aromatic nitrogens is 1. The van der Waals surface area contributed by atoms with Gasteiger partial charge in [0.2, 0.25) is 10.0 Å². The molecule has 0 aliphatic rings. The molecular weight excluding hydrogens is 364 g/mol. The van der Waals surface area contributed by atoms with Crippen molar-refractivity contribution < 1.29 is 8.42 Å². The van der Waals surface area contributed by atoms with Gasteiger partial charge < -0.3 is 5.43 Å². The highest BCUT2D eigenvalue weighted by molar-refractivity contribution is 9.10. The summed E-state index contributed by atoms with van der Waals surface area (Å²) < 4.78 is 27.7. The lowest BCUT2D eigenvalue weighted by Gasteiger charge is -2.10. The minimum atomic E-state index is -3.70. The number of pyridine rings is 1. The van der Waals surface area contributed by atoms with Crippen LogP contribution < -0.4 is 16.0 Å². The molecule has 2 aromatic heterocycles. The normalized spacial score (nSPS) is 11.6. The van der Waals surface area contributed by atoms with Gasteiger partial charge in [-0.3, -0.25) is 0 Å². The molecule has 0 fully saturated rings. The number of hydrogen-bond donors (Lipinski definition) is 3. The van der Waals surface area contributed by atoms with Crippen LogP contribution in [0.1, 0.15) is 10.4 Å². The Kier molecular flexibility index (Phi) is 4.76. The largest absolute Gasteiger partial charge is 0.307 e. The van der Waals surface area contributed by atoms with Gasteiger partial charge in [0, 0.05) is 22.1 Å². The molecule has 0 bridgehead atoms. The number of thiophene rings is 1. The number of aryl methyl sites for hydroxylation is 1. The van der Waals surface area contributed by atoms with Gasteiger partial charge in [-0.15, -0.1) is 11.3 Å². The fourth-order valence-corrected chi connectivity index (χ4v) is 4.12. The van der Waals surface area contributed by atoms with Crippen molar-refractivity contribution in [2.45, 2.75) is 18.4 Å². The topological polar surface area (TPSA) is 97.1 Å². The lowest BCUT2D eigenvalue weighted by Crippen LogP contribution is -2.25. The second-order valence-electron chi connectivity index (χ2n) is 4.00. The number of anilines is 1. The summed E-state index contributed by atoms with van der Waals surface area (Å²) in [6, 6.07) is 3.40. The van der Waals surface area contributed by atoms with E-state index >= 15 is 0 Å². The average Bonchev–Trinajstić information content (AvgIpc) is 2.82. The number of sulfonamides is 1. The number of rotatable bonds is 5. The molecule has 0 saturated carbocycles. The summed E-state index contributed by atoms with van der Waals surface area (Å²) in [7, 11) is -3.70. The number of nitrogens with two attached hydrogens (primary N) is 1. The van der Waals surface area contributed by atoms with Crippen LogP contribution in [0.4, 0.5) is 5.82 Å². The lowest BCUT2D eigenvalue weighted by molar-refractivity contribution is 0.581. The van der Waals surface area contributed by atoms with Gasteiger partial charge in [-0.05, 0) is 45.9 Å². The smallest absolute Gasteiger partial charge is 0.244 e. The summed E-state index contributed by atoms with van der Waals surface area (Å²) in [6.07, 6.45) is 1.47. The highest BCUT2D eigenvalue weighted by atomic mass is 79.9. The number of hydrogen-bond acceptors (Lipinski definition) is 6. The fourth-order valence-electron chi connectivity index (χ4n) is 1.56. The minimum Gasteiger partial charge on any atom is -0.307 e. The molecule has 0 radical (unpaired) electrons. The highest BCUT2D eigenvalue weighted by Crippen LogP contribution is 2.23. The molecule has 0 aliphatic heterocycles. The zero-order valence-electron chi connectivity index (χ0n) is 10.6. The molecular formula is C11H13BrN4O2S2. The van der Waals surface area contributed by atoms with Crippen LogP contribution in [0.2, 0.25) is 0 Å². The molecule has 108 valence electrons. The van der Waals surface area contributed by atoms with E-state index in [4.69, 9.17) is 5.84 Å². The Morgan fingerprint density at radius 3 is 2.85 bits per heavy atom. The van der Waals surface area contributed by atoms with Gasteiger partial charge in [0.15, 0.2) is 5.82 Å². The first-order chi connectivity index (χ1) is 9.44. The number of nitrogen functional groups attached to an aromatic ring is 1. The van der Waals surface area contributed by atoms with Gasteiger partial charge in [-0.25, -0.2) is 24.0 Å². The summed E-state index contributed by atoms with van der Waals surface area (Å²) in [5, 5.41) is 1.92. The van der Waals surface area contributed by atoms with E-state index in [2.05, 4.69) is 31.1 Å². The molecule has 0 spiro atoms. The zero-order valence-corrected chi connectivity index (χ0v) is 13.8. The van der Waals surface area contributed by atoms with E-state index in [0.29, 0.717) is 4.47 Å². The molecule has 6 nitrogen and oxygen atoms in total. The molecule has 4 N–H and O–H groups in total. The molecule has 0 amide bonds. The maximum Gasteiger partial charge on any atom is 0.244 e. The van der Waals surface area contributed by atoms with Gasteiger partial charge >= 0.3 is 0 Å². The van der Waals surface area contributed by atoms with Crippen LogP contribution in [0, 0.1) is 6.92 Å². The first-order valence-corrected chi connectivity index (χ1v) is 8.74. The van der Waals surface area contributed by atoms with E-state index in [1.165, 1.54) is 23.6 Å². The van der Waals surface area contributed by atoms with Crippen molar-refractivity contribution in [3.8, 4) is 0 Å². The molecule has 2 aromatic rings. The van der Waals surface area contributed by atoms with Crippen molar-refractivity contribution in [1.82, 2.24) is 9.71 Å². The summed E-state index contributed by atoms with van der Waals surface area (Å²) in [5.74, 6) is 5.39. The summed E-state index contributed by atoms with van der Waals surface area (Å²) >= 11 is 4.70. The van der Waals surface area contributed by atoms with Crippen molar-refractivity contribution in [3.05, 3.63) is 38.6 Å². The van der Waals surface area contributed by atoms with E-state index in [9.17, 15) is 8.42 Å². The Bertz CT molecular complexity index is 715. The van der Waals surface area contributed by atoms with Gasteiger partial charge in [-0.2, -0.15) is 0 Å². The summed E-state index contributed by atoms with van der Waals surface area (Å²) in [6.45, 7) is 2.18. The molecule has 2 rings (SSSR count). The maximum absolute atomic E-state index is 12.3. The second kappa shape index (κ2) is 6.19. The van der Waals surface area contributed by atoms with E-state index in [0.717, 1.165) is 10.4 Å². The van der Waals surface area contributed by atoms with Crippen LogP contribution in [0.15, 0.2) is 33.1 Å². The molecule has 0 unspecified atom stereocenters. The van der Waals surface area contributed by atoms with Crippen molar-refractivity contribution >= 4 is 43.1 Å². The quantitative estimate of drug-likeness (QED) is 0.547. The molecule has 9 heteroatoms. The van der Waals surface area contributed by atoms with Gasteiger partial charge in [0.1, 0.15) is 4.90 Å². The first kappa shape index (κ1) is 15.4. The molecule has 20 heavy (non-hydrogen) atoms. The van der Waals surface area contributed by atoms with E-state index in [1.54, 1.807) is 0 Å². The third-order valence-corrected chi connectivity index (χ3v) is 5.51. The molecule has 0 saturated heterocycles. The minimum absolute atomic E-state index is 0.00332.